The Labute approximate surface area is 119 Å². The molecule has 1 heterocycles. The van der Waals surface area contributed by atoms with Crippen LogP contribution in [0.1, 0.15) is 29.8 Å². The van der Waals surface area contributed by atoms with Crippen molar-refractivity contribution in [1.82, 2.24) is 10.2 Å². The van der Waals surface area contributed by atoms with Crippen LogP contribution in [-0.2, 0) is 4.79 Å². The topological polar surface area (TPSA) is 32.3 Å². The van der Waals surface area contributed by atoms with E-state index in [1.165, 1.54) is 11.1 Å². The lowest BCUT2D eigenvalue weighted by atomic mass is 10.1. The average Bonchev–Trinajstić information content (AvgIpc) is 2.73. The third-order valence-electron chi connectivity index (χ3n) is 3.56. The maximum atomic E-state index is 12.4. The van der Waals surface area contributed by atoms with Gasteiger partial charge in [-0.2, -0.15) is 0 Å². The minimum absolute atomic E-state index is 0.112. The van der Waals surface area contributed by atoms with Gasteiger partial charge in [0.05, 0.1) is 5.25 Å². The summed E-state index contributed by atoms with van der Waals surface area (Å²) in [5.41, 5.74) is 2.53. The number of nitrogens with zero attached hydrogens (tertiary/aromatic N) is 1. The fourth-order valence-corrected chi connectivity index (χ4v) is 3.95. The fraction of sp³-hybridized carbons (Fsp3) is 0.533. The molecule has 1 saturated heterocycles. The highest BCUT2D eigenvalue weighted by Gasteiger charge is 2.39. The number of benzene rings is 1. The van der Waals surface area contributed by atoms with Gasteiger partial charge in [0.25, 0.3) is 0 Å². The highest BCUT2D eigenvalue weighted by atomic mass is 32.2. The van der Waals surface area contributed by atoms with Crippen molar-refractivity contribution in [3.8, 4) is 0 Å². The van der Waals surface area contributed by atoms with Gasteiger partial charge in [0.15, 0.2) is 0 Å². The molecule has 1 N–H and O–H groups in total. The van der Waals surface area contributed by atoms with Gasteiger partial charge < -0.3 is 10.2 Å². The number of aryl methyl sites for hydroxylation is 1. The quantitative estimate of drug-likeness (QED) is 0.898. The molecular weight excluding hydrogens is 256 g/mol. The molecule has 1 aromatic rings. The summed E-state index contributed by atoms with van der Waals surface area (Å²) in [6, 6.07) is 8.37. The standard InChI is InChI=1S/C15H22N2OS/c1-4-13-14(18)17(10-9-16-3)15(19-13)12-8-6-5-7-11(12)2/h5-8,13,15-16H,4,9-10H2,1-3H3/t13-,15+/m0/s1. The smallest absolute Gasteiger partial charge is 0.236 e. The van der Waals surface area contributed by atoms with Gasteiger partial charge in [0.2, 0.25) is 5.91 Å². The van der Waals surface area contributed by atoms with E-state index < -0.39 is 0 Å². The molecule has 2 rings (SSSR count). The fourth-order valence-electron chi connectivity index (χ4n) is 2.42. The number of nitrogens with one attached hydrogen (secondary N) is 1. The lowest BCUT2D eigenvalue weighted by molar-refractivity contribution is -0.130. The average molecular weight is 278 g/mol. The molecule has 1 amide bonds. The predicted octanol–water partition coefficient (Wildman–Crippen LogP) is 2.57. The summed E-state index contributed by atoms with van der Waals surface area (Å²) >= 11 is 1.79. The van der Waals surface area contributed by atoms with E-state index in [2.05, 4.69) is 43.4 Å². The van der Waals surface area contributed by atoms with Gasteiger partial charge in [-0.15, -0.1) is 11.8 Å². The molecule has 0 saturated carbocycles. The molecule has 19 heavy (non-hydrogen) atoms. The molecule has 1 aliphatic heterocycles. The van der Waals surface area contributed by atoms with Gasteiger partial charge in [-0.3, -0.25) is 4.79 Å². The first-order valence-electron chi connectivity index (χ1n) is 6.85. The normalized spacial score (nSPS) is 23.1. The van der Waals surface area contributed by atoms with E-state index in [1.54, 1.807) is 11.8 Å². The minimum atomic E-state index is 0.112. The van der Waals surface area contributed by atoms with Crippen LogP contribution >= 0.6 is 11.8 Å². The van der Waals surface area contributed by atoms with E-state index in [4.69, 9.17) is 0 Å². The Kier molecular flexibility index (Phi) is 4.88. The first kappa shape index (κ1) is 14.4. The molecule has 0 aromatic heterocycles. The van der Waals surface area contributed by atoms with Crippen LogP contribution < -0.4 is 5.32 Å². The number of thioether (sulfide) groups is 1. The number of amides is 1. The van der Waals surface area contributed by atoms with Gasteiger partial charge in [0, 0.05) is 13.1 Å². The van der Waals surface area contributed by atoms with E-state index in [-0.39, 0.29) is 16.5 Å². The number of carbonyl (C=O) groups excluding carboxylic acids is 1. The second-order valence-corrected chi connectivity index (χ2v) is 6.16. The number of carbonyl (C=O) groups is 1. The van der Waals surface area contributed by atoms with Gasteiger partial charge in [-0.1, -0.05) is 31.2 Å². The first-order chi connectivity index (χ1) is 9.19. The van der Waals surface area contributed by atoms with Crippen LogP contribution in [0.3, 0.4) is 0 Å². The van der Waals surface area contributed by atoms with E-state index in [0.717, 1.165) is 19.5 Å². The largest absolute Gasteiger partial charge is 0.324 e. The molecule has 4 heteroatoms. The molecule has 2 atom stereocenters. The van der Waals surface area contributed by atoms with Gasteiger partial charge in [0.1, 0.15) is 5.37 Å². The van der Waals surface area contributed by atoms with E-state index in [0.29, 0.717) is 0 Å². The monoisotopic (exact) mass is 278 g/mol. The SMILES string of the molecule is CC[C@@H]1S[C@H](c2ccccc2C)N(CCNC)C1=O. The predicted molar refractivity (Wildman–Crippen MR) is 81.2 cm³/mol. The Morgan fingerprint density at radius 1 is 1.37 bits per heavy atom. The summed E-state index contributed by atoms with van der Waals surface area (Å²) < 4.78 is 0. The highest BCUT2D eigenvalue weighted by molar-refractivity contribution is 8.01. The number of hydrogen-bond donors (Lipinski definition) is 1. The van der Waals surface area contributed by atoms with Crippen molar-refractivity contribution >= 4 is 17.7 Å². The van der Waals surface area contributed by atoms with Crippen molar-refractivity contribution in [3.05, 3.63) is 35.4 Å². The number of likely N-dealkylation sites (N-methyl/N-ethyl adjacent to an activating group) is 1. The molecule has 104 valence electrons. The Morgan fingerprint density at radius 2 is 2.11 bits per heavy atom. The Balaban J connectivity index is 2.26. The zero-order valence-corrected chi connectivity index (χ0v) is 12.7. The van der Waals surface area contributed by atoms with Crippen molar-refractivity contribution in [2.75, 3.05) is 20.1 Å². The summed E-state index contributed by atoms with van der Waals surface area (Å²) in [6.07, 6.45) is 0.905. The molecule has 0 bridgehead atoms. The maximum absolute atomic E-state index is 12.4. The van der Waals surface area contributed by atoms with Crippen LogP contribution in [0.25, 0.3) is 0 Å². The lowest BCUT2D eigenvalue weighted by Crippen LogP contribution is -2.36. The second-order valence-electron chi connectivity index (χ2n) is 4.88. The molecule has 1 aliphatic rings. The maximum Gasteiger partial charge on any atom is 0.236 e. The molecule has 1 fully saturated rings. The second kappa shape index (κ2) is 6.44. The van der Waals surface area contributed by atoms with Crippen molar-refractivity contribution in [2.45, 2.75) is 30.9 Å². The summed E-state index contributed by atoms with van der Waals surface area (Å²) in [4.78, 5) is 14.4. The van der Waals surface area contributed by atoms with Crippen LogP contribution in [0.5, 0.6) is 0 Å². The third-order valence-corrected chi connectivity index (χ3v) is 5.19. The molecular formula is C15H22N2OS. The van der Waals surface area contributed by atoms with Gasteiger partial charge >= 0.3 is 0 Å². The van der Waals surface area contributed by atoms with Crippen molar-refractivity contribution < 1.29 is 4.79 Å². The van der Waals surface area contributed by atoms with Crippen LogP contribution in [0.2, 0.25) is 0 Å². The minimum Gasteiger partial charge on any atom is -0.324 e. The van der Waals surface area contributed by atoms with Gasteiger partial charge in [-0.05, 0) is 31.5 Å². The highest BCUT2D eigenvalue weighted by Crippen LogP contribution is 2.44. The zero-order chi connectivity index (χ0) is 13.8. The van der Waals surface area contributed by atoms with Crippen molar-refractivity contribution in [2.24, 2.45) is 0 Å². The third kappa shape index (κ3) is 2.95. The van der Waals surface area contributed by atoms with E-state index >= 15 is 0 Å². The summed E-state index contributed by atoms with van der Waals surface area (Å²) in [6.45, 7) is 5.82. The van der Waals surface area contributed by atoms with Gasteiger partial charge in [-0.25, -0.2) is 0 Å². The van der Waals surface area contributed by atoms with Crippen LogP contribution in [0.15, 0.2) is 24.3 Å². The molecule has 0 aliphatic carbocycles. The Hall–Kier alpha value is -1.00. The van der Waals surface area contributed by atoms with Crippen LogP contribution in [0, 0.1) is 6.92 Å². The summed E-state index contributed by atoms with van der Waals surface area (Å²) in [5.74, 6) is 0.288. The number of hydrogen-bond acceptors (Lipinski definition) is 3. The molecule has 0 unspecified atom stereocenters. The Bertz CT molecular complexity index is 450. The molecule has 0 radical (unpaired) electrons. The molecule has 1 aromatic carbocycles. The van der Waals surface area contributed by atoms with Crippen molar-refractivity contribution in [1.29, 1.82) is 0 Å². The zero-order valence-electron chi connectivity index (χ0n) is 11.8. The summed E-state index contributed by atoms with van der Waals surface area (Å²) in [5, 5.41) is 3.42. The number of rotatable bonds is 5. The van der Waals surface area contributed by atoms with Crippen LogP contribution in [-0.4, -0.2) is 36.2 Å². The van der Waals surface area contributed by atoms with Crippen LogP contribution in [0.4, 0.5) is 0 Å². The molecule has 0 spiro atoms. The van der Waals surface area contributed by atoms with Crippen molar-refractivity contribution in [3.63, 3.8) is 0 Å². The molecule has 3 nitrogen and oxygen atoms in total. The summed E-state index contributed by atoms with van der Waals surface area (Å²) in [7, 11) is 1.92. The van der Waals surface area contributed by atoms with E-state index in [1.807, 2.05) is 11.9 Å². The first-order valence-corrected chi connectivity index (χ1v) is 7.79. The Morgan fingerprint density at radius 3 is 2.74 bits per heavy atom. The van der Waals surface area contributed by atoms with E-state index in [9.17, 15) is 4.79 Å². The lowest BCUT2D eigenvalue weighted by Gasteiger charge is -2.25.